The van der Waals surface area contributed by atoms with E-state index in [2.05, 4.69) is 18.9 Å². The maximum atomic E-state index is 5.88. The van der Waals surface area contributed by atoms with Crippen molar-refractivity contribution in [3.63, 3.8) is 0 Å². The minimum atomic E-state index is 0.652. The molecule has 1 aromatic rings. The minimum Gasteiger partial charge on any atom is -0.348 e. The van der Waals surface area contributed by atoms with Crippen LogP contribution in [0.3, 0.4) is 0 Å². The molecule has 1 aromatic heterocycles. The first-order chi connectivity index (χ1) is 9.19. The van der Waals surface area contributed by atoms with Gasteiger partial charge < -0.3 is 10.6 Å². The van der Waals surface area contributed by atoms with Gasteiger partial charge in [-0.3, -0.25) is 0 Å². The standard InChI is InChI=1S/C15H25N3S/c1-10-3-7-12(8-4-10)18(2)15-17-14(11-5-6-11)13(9-16)19-15/h10-12H,3-9,16H2,1-2H3. The average Bonchev–Trinajstić information content (AvgIpc) is 3.18. The molecule has 0 bridgehead atoms. The van der Waals surface area contributed by atoms with Gasteiger partial charge in [0.25, 0.3) is 0 Å². The molecular formula is C15H25N3S. The van der Waals surface area contributed by atoms with Gasteiger partial charge in [-0.15, -0.1) is 11.3 Å². The normalized spacial score (nSPS) is 27.5. The fourth-order valence-electron chi connectivity index (χ4n) is 3.11. The molecule has 0 spiro atoms. The third kappa shape index (κ3) is 2.79. The van der Waals surface area contributed by atoms with Crippen molar-refractivity contribution < 1.29 is 0 Å². The maximum Gasteiger partial charge on any atom is 0.185 e. The molecule has 3 nitrogen and oxygen atoms in total. The van der Waals surface area contributed by atoms with Gasteiger partial charge in [0, 0.05) is 30.4 Å². The van der Waals surface area contributed by atoms with E-state index in [1.165, 1.54) is 54.2 Å². The zero-order valence-corrected chi connectivity index (χ0v) is 12.9. The molecular weight excluding hydrogens is 254 g/mol. The fourth-order valence-corrected chi connectivity index (χ4v) is 4.17. The Hall–Kier alpha value is -0.610. The van der Waals surface area contributed by atoms with E-state index >= 15 is 0 Å². The Kier molecular flexibility index (Phi) is 3.81. The SMILES string of the molecule is CC1CCC(N(C)c2nc(C3CC3)c(CN)s2)CC1. The lowest BCUT2D eigenvalue weighted by Crippen LogP contribution is -2.34. The van der Waals surface area contributed by atoms with Gasteiger partial charge in [0.15, 0.2) is 5.13 Å². The van der Waals surface area contributed by atoms with Crippen LogP contribution in [0, 0.1) is 5.92 Å². The first-order valence-corrected chi connectivity index (χ1v) is 8.43. The van der Waals surface area contributed by atoms with Crippen LogP contribution in [0.25, 0.3) is 0 Å². The fraction of sp³-hybridized carbons (Fsp3) is 0.800. The van der Waals surface area contributed by atoms with Gasteiger partial charge in [-0.25, -0.2) is 4.98 Å². The second-order valence-electron chi connectivity index (χ2n) is 6.31. The highest BCUT2D eigenvalue weighted by Crippen LogP contribution is 2.44. The molecule has 0 aliphatic heterocycles. The molecule has 2 aliphatic rings. The van der Waals surface area contributed by atoms with Crippen molar-refractivity contribution in [3.8, 4) is 0 Å². The smallest absolute Gasteiger partial charge is 0.185 e. The van der Waals surface area contributed by atoms with Crippen LogP contribution in [-0.4, -0.2) is 18.1 Å². The number of nitrogens with two attached hydrogens (primary N) is 1. The van der Waals surface area contributed by atoms with Gasteiger partial charge in [-0.1, -0.05) is 6.92 Å². The Bertz CT molecular complexity index is 431. The van der Waals surface area contributed by atoms with E-state index in [1.54, 1.807) is 0 Å². The highest BCUT2D eigenvalue weighted by Gasteiger charge is 2.31. The minimum absolute atomic E-state index is 0.652. The van der Waals surface area contributed by atoms with Crippen LogP contribution in [0.5, 0.6) is 0 Å². The molecule has 0 radical (unpaired) electrons. The number of rotatable bonds is 4. The van der Waals surface area contributed by atoms with E-state index in [-0.39, 0.29) is 0 Å². The second kappa shape index (κ2) is 5.41. The summed E-state index contributed by atoms with van der Waals surface area (Å²) in [5.41, 5.74) is 7.18. The average molecular weight is 279 g/mol. The van der Waals surface area contributed by atoms with Crippen molar-refractivity contribution in [3.05, 3.63) is 10.6 Å². The molecule has 106 valence electrons. The molecule has 4 heteroatoms. The van der Waals surface area contributed by atoms with Gasteiger partial charge in [-0.2, -0.15) is 0 Å². The molecule has 2 saturated carbocycles. The summed E-state index contributed by atoms with van der Waals surface area (Å²) in [6.07, 6.45) is 7.96. The van der Waals surface area contributed by atoms with E-state index in [1.807, 2.05) is 11.3 Å². The Labute approximate surface area is 120 Å². The van der Waals surface area contributed by atoms with Crippen LogP contribution in [0.15, 0.2) is 0 Å². The lowest BCUT2D eigenvalue weighted by atomic mass is 9.87. The Balaban J connectivity index is 1.73. The second-order valence-corrected chi connectivity index (χ2v) is 7.37. The van der Waals surface area contributed by atoms with E-state index in [0.29, 0.717) is 18.5 Å². The zero-order valence-electron chi connectivity index (χ0n) is 12.1. The first kappa shape index (κ1) is 13.4. The summed E-state index contributed by atoms with van der Waals surface area (Å²) in [4.78, 5) is 8.63. The van der Waals surface area contributed by atoms with E-state index in [0.717, 1.165) is 5.92 Å². The quantitative estimate of drug-likeness (QED) is 0.917. The van der Waals surface area contributed by atoms with Crippen molar-refractivity contribution in [1.82, 2.24) is 4.98 Å². The zero-order chi connectivity index (χ0) is 13.4. The molecule has 1 heterocycles. The largest absolute Gasteiger partial charge is 0.348 e. The summed E-state index contributed by atoms with van der Waals surface area (Å²) in [6.45, 7) is 3.02. The van der Waals surface area contributed by atoms with Crippen LogP contribution < -0.4 is 10.6 Å². The van der Waals surface area contributed by atoms with Gasteiger partial charge in [-0.05, 0) is 44.4 Å². The van der Waals surface area contributed by atoms with Crippen molar-refractivity contribution >= 4 is 16.5 Å². The highest BCUT2D eigenvalue weighted by molar-refractivity contribution is 7.15. The van der Waals surface area contributed by atoms with Gasteiger partial charge >= 0.3 is 0 Å². The summed E-state index contributed by atoms with van der Waals surface area (Å²) < 4.78 is 0. The Morgan fingerprint density at radius 3 is 2.47 bits per heavy atom. The van der Waals surface area contributed by atoms with E-state index in [4.69, 9.17) is 10.7 Å². The molecule has 2 N–H and O–H groups in total. The van der Waals surface area contributed by atoms with Crippen LogP contribution >= 0.6 is 11.3 Å². The Morgan fingerprint density at radius 2 is 1.89 bits per heavy atom. The van der Waals surface area contributed by atoms with Crippen LogP contribution in [-0.2, 0) is 6.54 Å². The predicted octanol–water partition coefficient (Wildman–Crippen LogP) is 3.49. The molecule has 3 rings (SSSR count). The molecule has 2 fully saturated rings. The molecule has 0 aromatic carbocycles. The molecule has 0 amide bonds. The number of anilines is 1. The van der Waals surface area contributed by atoms with Crippen LogP contribution in [0.4, 0.5) is 5.13 Å². The van der Waals surface area contributed by atoms with Gasteiger partial charge in [0.1, 0.15) is 0 Å². The summed E-state index contributed by atoms with van der Waals surface area (Å²) in [6, 6.07) is 0.681. The van der Waals surface area contributed by atoms with Crippen LogP contribution in [0.1, 0.15) is 61.9 Å². The summed E-state index contributed by atoms with van der Waals surface area (Å²) in [5, 5.41) is 1.20. The number of nitrogens with zero attached hydrogens (tertiary/aromatic N) is 2. The van der Waals surface area contributed by atoms with E-state index in [9.17, 15) is 0 Å². The van der Waals surface area contributed by atoms with Crippen molar-refractivity contribution in [2.45, 2.75) is 64.0 Å². The third-order valence-electron chi connectivity index (χ3n) is 4.70. The van der Waals surface area contributed by atoms with Gasteiger partial charge in [0.05, 0.1) is 5.69 Å². The third-order valence-corrected chi connectivity index (χ3v) is 5.88. The van der Waals surface area contributed by atoms with E-state index < -0.39 is 0 Å². The summed E-state index contributed by atoms with van der Waals surface area (Å²) in [5.74, 6) is 1.62. The van der Waals surface area contributed by atoms with Gasteiger partial charge in [0.2, 0.25) is 0 Å². The number of thiazole rings is 1. The molecule has 0 saturated heterocycles. The lowest BCUT2D eigenvalue weighted by molar-refractivity contribution is 0.340. The first-order valence-electron chi connectivity index (χ1n) is 7.61. The van der Waals surface area contributed by atoms with Crippen molar-refractivity contribution in [1.29, 1.82) is 0 Å². The number of aromatic nitrogens is 1. The monoisotopic (exact) mass is 279 g/mol. The molecule has 2 aliphatic carbocycles. The molecule has 0 atom stereocenters. The highest BCUT2D eigenvalue weighted by atomic mass is 32.1. The molecule has 19 heavy (non-hydrogen) atoms. The summed E-state index contributed by atoms with van der Waals surface area (Å²) >= 11 is 1.82. The van der Waals surface area contributed by atoms with Crippen molar-refractivity contribution in [2.24, 2.45) is 11.7 Å². The lowest BCUT2D eigenvalue weighted by Gasteiger charge is -2.33. The molecule has 0 unspecified atom stereocenters. The maximum absolute atomic E-state index is 5.88. The summed E-state index contributed by atoms with van der Waals surface area (Å²) in [7, 11) is 2.22. The Morgan fingerprint density at radius 1 is 1.21 bits per heavy atom. The predicted molar refractivity (Wildman–Crippen MR) is 81.8 cm³/mol. The topological polar surface area (TPSA) is 42.2 Å². The van der Waals surface area contributed by atoms with Crippen molar-refractivity contribution in [2.75, 3.05) is 11.9 Å². The number of hydrogen-bond acceptors (Lipinski definition) is 4. The number of hydrogen-bond donors (Lipinski definition) is 1. The van der Waals surface area contributed by atoms with Crippen LogP contribution in [0.2, 0.25) is 0 Å².